The molecule has 60 heavy (non-hydrogen) atoms. The molecule has 328 valence electrons. The maximum absolute atomic E-state index is 13.7. The van der Waals surface area contributed by atoms with Crippen molar-refractivity contribution in [3.05, 3.63) is 119 Å². The summed E-state index contributed by atoms with van der Waals surface area (Å²) in [4.78, 5) is 15.6. The number of hydrogen-bond acceptors (Lipinski definition) is 11. The van der Waals surface area contributed by atoms with E-state index in [9.17, 15) is 43.6 Å². The van der Waals surface area contributed by atoms with E-state index in [-0.39, 0.29) is 85.0 Å². The molecule has 0 aliphatic carbocycles. The van der Waals surface area contributed by atoms with E-state index >= 15 is 0 Å². The lowest BCUT2D eigenvalue weighted by molar-refractivity contribution is -0.137. The summed E-state index contributed by atoms with van der Waals surface area (Å²) in [6.07, 6.45) is 0. The first-order valence-corrected chi connectivity index (χ1v) is 25.0. The molecule has 20 heteroatoms. The van der Waals surface area contributed by atoms with E-state index in [1.165, 1.54) is 48.5 Å². The predicted molar refractivity (Wildman–Crippen MR) is 230 cm³/mol. The molecule has 0 heterocycles. The third-order valence-electron chi connectivity index (χ3n) is 9.52. The van der Waals surface area contributed by atoms with Crippen molar-refractivity contribution in [2.45, 2.75) is 47.3 Å². The summed E-state index contributed by atoms with van der Waals surface area (Å²) in [5, 5.41) is 9.68. The monoisotopic (exact) mass is 906 g/mol. The minimum Gasteiger partial charge on any atom is -0.480 e. The van der Waals surface area contributed by atoms with Gasteiger partial charge in [-0.3, -0.25) is 14.6 Å². The van der Waals surface area contributed by atoms with Crippen LogP contribution in [0.5, 0.6) is 0 Å². The number of aliphatic carboxylic acids is 1. The highest BCUT2D eigenvalue weighted by molar-refractivity contribution is 7.90. The Balaban J connectivity index is 1.54. The van der Waals surface area contributed by atoms with Crippen LogP contribution in [0.1, 0.15) is 22.3 Å². The normalized spacial score (nSPS) is 12.7. The van der Waals surface area contributed by atoms with Crippen molar-refractivity contribution in [2.75, 3.05) is 72.0 Å². The molecule has 4 aromatic rings. The minimum absolute atomic E-state index is 0.0153. The maximum atomic E-state index is 13.7. The van der Waals surface area contributed by atoms with Crippen LogP contribution in [0.25, 0.3) is 0 Å². The van der Waals surface area contributed by atoms with Crippen LogP contribution in [0.3, 0.4) is 0 Å². The smallest absolute Gasteiger partial charge is 0.318 e. The summed E-state index contributed by atoms with van der Waals surface area (Å²) in [6, 6.07) is 25.0. The number of sulfonamides is 4. The van der Waals surface area contributed by atoms with Crippen LogP contribution in [0, 0.1) is 27.7 Å². The third kappa shape index (κ3) is 14.8. The third-order valence-corrected chi connectivity index (χ3v) is 15.8. The maximum Gasteiger partial charge on any atom is 0.318 e. The Morgan fingerprint density at radius 3 is 1.00 bits per heavy atom. The summed E-state index contributed by atoms with van der Waals surface area (Å²) in [7, 11) is -15.9. The molecule has 16 nitrogen and oxygen atoms in total. The molecule has 0 atom stereocenters. The second-order valence-electron chi connectivity index (χ2n) is 14.4. The van der Waals surface area contributed by atoms with Crippen molar-refractivity contribution < 1.29 is 43.6 Å². The van der Waals surface area contributed by atoms with E-state index in [2.05, 4.69) is 14.2 Å². The molecule has 0 aromatic heterocycles. The van der Waals surface area contributed by atoms with E-state index < -0.39 is 52.6 Å². The average Bonchev–Trinajstić information content (AvgIpc) is 3.18. The Kier molecular flexibility index (Phi) is 17.5. The van der Waals surface area contributed by atoms with Crippen LogP contribution in [0.2, 0.25) is 0 Å². The lowest BCUT2D eigenvalue weighted by atomic mass is 10.2. The van der Waals surface area contributed by atoms with Gasteiger partial charge in [-0.25, -0.2) is 47.8 Å². The van der Waals surface area contributed by atoms with Crippen molar-refractivity contribution in [3.8, 4) is 0 Å². The topological polar surface area (TPSA) is 220 Å². The Bertz CT molecular complexity index is 2390. The van der Waals surface area contributed by atoms with Crippen LogP contribution in [-0.4, -0.2) is 131 Å². The van der Waals surface area contributed by atoms with E-state index in [4.69, 9.17) is 0 Å². The number of benzene rings is 4. The van der Waals surface area contributed by atoms with Crippen LogP contribution in [0.15, 0.2) is 117 Å². The number of hydrogen-bond donors (Lipinski definition) is 4. The highest BCUT2D eigenvalue weighted by Crippen LogP contribution is 2.17. The summed E-state index contributed by atoms with van der Waals surface area (Å²) in [6.45, 7) is 6.74. The van der Waals surface area contributed by atoms with Crippen LogP contribution in [0.4, 0.5) is 0 Å². The first kappa shape index (κ1) is 48.6. The first-order valence-electron chi connectivity index (χ1n) is 19.1. The fraction of sp³-hybridized carbons (Fsp3) is 0.375. The molecule has 0 bridgehead atoms. The van der Waals surface area contributed by atoms with Gasteiger partial charge in [0.15, 0.2) is 0 Å². The Morgan fingerprint density at radius 2 is 0.700 bits per heavy atom. The Morgan fingerprint density at radius 1 is 0.433 bits per heavy atom. The van der Waals surface area contributed by atoms with E-state index in [0.717, 1.165) is 26.6 Å². The molecular formula is C40H54N6O10S4. The van der Waals surface area contributed by atoms with Gasteiger partial charge in [0.2, 0.25) is 40.1 Å². The number of carboxylic acid groups (broad SMARTS) is 1. The highest BCUT2D eigenvalue weighted by atomic mass is 32.2. The second kappa shape index (κ2) is 21.6. The number of rotatable bonds is 25. The van der Waals surface area contributed by atoms with E-state index in [1.54, 1.807) is 60.4 Å². The van der Waals surface area contributed by atoms with Crippen LogP contribution in [-0.2, 0) is 44.9 Å². The lowest BCUT2D eigenvalue weighted by Gasteiger charge is -2.30. The summed E-state index contributed by atoms with van der Waals surface area (Å²) in [5.41, 5.74) is 3.47. The van der Waals surface area contributed by atoms with Gasteiger partial charge in [-0.15, -0.1) is 0 Å². The molecule has 4 N–H and O–H groups in total. The first-order chi connectivity index (χ1) is 28.2. The van der Waals surface area contributed by atoms with Gasteiger partial charge in [0, 0.05) is 65.4 Å². The number of carboxylic acids is 1. The molecule has 0 saturated heterocycles. The van der Waals surface area contributed by atoms with Crippen LogP contribution < -0.4 is 14.2 Å². The number of carbonyl (C=O) groups is 1. The summed E-state index contributed by atoms with van der Waals surface area (Å²) in [5.74, 6) is -1.37. The molecule has 0 saturated carbocycles. The van der Waals surface area contributed by atoms with E-state index in [1.807, 2.05) is 25.7 Å². The Labute approximate surface area is 354 Å². The van der Waals surface area contributed by atoms with Crippen molar-refractivity contribution in [2.24, 2.45) is 0 Å². The molecule has 0 radical (unpaired) electrons. The van der Waals surface area contributed by atoms with E-state index in [0.29, 0.717) is 0 Å². The molecule has 0 unspecified atom stereocenters. The van der Waals surface area contributed by atoms with Gasteiger partial charge in [0.1, 0.15) is 6.54 Å². The van der Waals surface area contributed by atoms with Gasteiger partial charge in [-0.2, -0.15) is 4.31 Å². The van der Waals surface area contributed by atoms with Crippen molar-refractivity contribution in [1.82, 2.24) is 28.3 Å². The van der Waals surface area contributed by atoms with Gasteiger partial charge in [-0.1, -0.05) is 70.8 Å². The molecule has 0 aliphatic heterocycles. The zero-order valence-electron chi connectivity index (χ0n) is 34.1. The fourth-order valence-electron chi connectivity index (χ4n) is 5.92. The van der Waals surface area contributed by atoms with Gasteiger partial charge >= 0.3 is 5.97 Å². The fourth-order valence-corrected chi connectivity index (χ4v) is 10.4. The average molecular weight is 907 g/mol. The molecule has 4 rings (SSSR count). The minimum atomic E-state index is -4.25. The van der Waals surface area contributed by atoms with Gasteiger partial charge in [-0.05, 0) is 76.2 Å². The number of nitrogens with one attached hydrogen (secondary N) is 3. The zero-order chi connectivity index (χ0) is 44.1. The molecule has 4 aromatic carbocycles. The van der Waals surface area contributed by atoms with Gasteiger partial charge in [0.25, 0.3) is 0 Å². The Hall–Kier alpha value is -4.09. The lowest BCUT2D eigenvalue weighted by Crippen LogP contribution is -2.47. The molecule has 0 aliphatic rings. The quantitative estimate of drug-likeness (QED) is 0.0755. The standard InChI is InChI=1S/C40H54N6O10S4/c1-32-5-13-36(14-6-32)57(49,50)41-21-24-44(25-22-42-58(51,52)37-15-7-33(2)8-16-37)27-28-45(26-23-43-59(53,54)38-17-9-34(3)10-18-38)29-30-46(31-40(47)48)60(55,56)39-19-11-35(4)12-20-39/h5-20,41-43H,21-31H2,1-4H3,(H,47,48). The van der Waals surface area contributed by atoms with Crippen LogP contribution >= 0.6 is 0 Å². The largest absolute Gasteiger partial charge is 0.480 e. The summed E-state index contributed by atoms with van der Waals surface area (Å²) < 4.78 is 114. The second-order valence-corrected chi connectivity index (χ2v) is 21.6. The molecule has 0 amide bonds. The highest BCUT2D eigenvalue weighted by Gasteiger charge is 2.27. The predicted octanol–water partition coefficient (Wildman–Crippen LogP) is 2.54. The molecule has 0 spiro atoms. The number of nitrogens with zero attached hydrogens (tertiary/aromatic N) is 3. The number of aryl methyl sites for hydroxylation is 4. The van der Waals surface area contributed by atoms with Crippen molar-refractivity contribution in [1.29, 1.82) is 0 Å². The zero-order valence-corrected chi connectivity index (χ0v) is 37.4. The van der Waals surface area contributed by atoms with Crippen molar-refractivity contribution >= 4 is 46.1 Å². The SMILES string of the molecule is Cc1ccc(S(=O)(=O)NCCN(CCNS(=O)(=O)c2ccc(C)cc2)CCN(CCNS(=O)(=O)c2ccc(C)cc2)CCN(CC(=O)O)S(=O)(=O)c2ccc(C)cc2)cc1. The molecular weight excluding hydrogens is 853 g/mol. The van der Waals surface area contributed by atoms with Gasteiger partial charge in [0.05, 0.1) is 19.6 Å². The molecule has 0 fully saturated rings. The van der Waals surface area contributed by atoms with Crippen molar-refractivity contribution in [3.63, 3.8) is 0 Å². The van der Waals surface area contributed by atoms with Gasteiger partial charge < -0.3 is 5.11 Å². The summed E-state index contributed by atoms with van der Waals surface area (Å²) >= 11 is 0.